The zero-order valence-electron chi connectivity index (χ0n) is 13.2. The maximum absolute atomic E-state index is 5.39. The molecule has 3 rings (SSSR count). The van der Waals surface area contributed by atoms with E-state index in [1.165, 1.54) is 21.6 Å². The lowest BCUT2D eigenvalue weighted by molar-refractivity contribution is 0.0342. The lowest BCUT2D eigenvalue weighted by Crippen LogP contribution is -2.35. The largest absolute Gasteiger partial charge is 0.379 e. The normalized spacial score (nSPS) is 16.0. The summed E-state index contributed by atoms with van der Waals surface area (Å²) in [5.41, 5.74) is 4.12. The third-order valence-electron chi connectivity index (χ3n) is 4.12. The Hall–Kier alpha value is -1.20. The van der Waals surface area contributed by atoms with Crippen molar-refractivity contribution in [3.05, 3.63) is 57.3 Å². The number of hydrogen-bond donors (Lipinski definition) is 1. The van der Waals surface area contributed by atoms with E-state index >= 15 is 0 Å². The van der Waals surface area contributed by atoms with Gasteiger partial charge in [0.05, 0.1) is 13.2 Å². The average molecular weight is 316 g/mol. The Morgan fingerprint density at radius 1 is 1.05 bits per heavy atom. The summed E-state index contributed by atoms with van der Waals surface area (Å²) in [6.07, 6.45) is 0. The van der Waals surface area contributed by atoms with E-state index in [0.717, 1.165) is 45.9 Å². The number of morpholine rings is 1. The van der Waals surface area contributed by atoms with Gasteiger partial charge >= 0.3 is 0 Å². The van der Waals surface area contributed by atoms with Crippen molar-refractivity contribution in [2.24, 2.45) is 0 Å². The summed E-state index contributed by atoms with van der Waals surface area (Å²) in [5, 5.41) is 5.69. The maximum Gasteiger partial charge on any atom is 0.0594 e. The summed E-state index contributed by atoms with van der Waals surface area (Å²) in [7, 11) is 0. The van der Waals surface area contributed by atoms with E-state index in [-0.39, 0.29) is 0 Å². The molecule has 1 N–H and O–H groups in total. The molecule has 0 spiro atoms. The summed E-state index contributed by atoms with van der Waals surface area (Å²) >= 11 is 1.83. The van der Waals surface area contributed by atoms with Crippen LogP contribution in [0, 0.1) is 6.92 Å². The van der Waals surface area contributed by atoms with Crippen LogP contribution in [0.15, 0.2) is 35.7 Å². The molecule has 0 bridgehead atoms. The van der Waals surface area contributed by atoms with E-state index in [4.69, 9.17) is 4.74 Å². The number of nitrogens with one attached hydrogen (secondary N) is 1. The van der Waals surface area contributed by atoms with E-state index in [0.29, 0.717) is 0 Å². The Kier molecular flexibility index (Phi) is 5.62. The number of thiophene rings is 1. The third kappa shape index (κ3) is 4.40. The van der Waals surface area contributed by atoms with Crippen molar-refractivity contribution in [1.29, 1.82) is 0 Å². The fourth-order valence-corrected chi connectivity index (χ4v) is 3.56. The Labute approximate surface area is 136 Å². The van der Waals surface area contributed by atoms with Gasteiger partial charge in [-0.2, -0.15) is 0 Å². The van der Waals surface area contributed by atoms with Gasteiger partial charge in [-0.1, -0.05) is 24.3 Å². The van der Waals surface area contributed by atoms with Crippen LogP contribution in [0.4, 0.5) is 0 Å². The summed E-state index contributed by atoms with van der Waals surface area (Å²) in [6, 6.07) is 11.2. The van der Waals surface area contributed by atoms with Crippen LogP contribution < -0.4 is 5.32 Å². The molecule has 1 aliphatic heterocycles. The van der Waals surface area contributed by atoms with Crippen molar-refractivity contribution in [1.82, 2.24) is 10.2 Å². The topological polar surface area (TPSA) is 24.5 Å². The fourth-order valence-electron chi connectivity index (χ4n) is 2.69. The number of ether oxygens (including phenoxy) is 1. The van der Waals surface area contributed by atoms with Crippen LogP contribution in [0.25, 0.3) is 0 Å². The summed E-state index contributed by atoms with van der Waals surface area (Å²) < 4.78 is 5.39. The van der Waals surface area contributed by atoms with E-state index in [1.54, 1.807) is 0 Å². The number of hydrogen-bond acceptors (Lipinski definition) is 4. The van der Waals surface area contributed by atoms with Gasteiger partial charge in [-0.05, 0) is 35.1 Å². The van der Waals surface area contributed by atoms with Crippen LogP contribution in [-0.4, -0.2) is 31.2 Å². The van der Waals surface area contributed by atoms with Gasteiger partial charge in [0.25, 0.3) is 0 Å². The van der Waals surface area contributed by atoms with Gasteiger partial charge in [-0.15, -0.1) is 11.3 Å². The van der Waals surface area contributed by atoms with Crippen molar-refractivity contribution in [2.75, 3.05) is 26.3 Å². The van der Waals surface area contributed by atoms with Crippen molar-refractivity contribution < 1.29 is 4.74 Å². The molecule has 4 heteroatoms. The van der Waals surface area contributed by atoms with Gasteiger partial charge in [-0.25, -0.2) is 0 Å². The number of rotatable bonds is 6. The van der Waals surface area contributed by atoms with Gasteiger partial charge in [0, 0.05) is 37.6 Å². The Morgan fingerprint density at radius 2 is 1.77 bits per heavy atom. The molecule has 1 aliphatic rings. The molecular formula is C18H24N2OS. The third-order valence-corrected chi connectivity index (χ3v) is 5.14. The predicted molar refractivity (Wildman–Crippen MR) is 92.1 cm³/mol. The summed E-state index contributed by atoms with van der Waals surface area (Å²) in [6.45, 7) is 8.91. The molecule has 3 nitrogen and oxygen atoms in total. The molecule has 22 heavy (non-hydrogen) atoms. The van der Waals surface area contributed by atoms with Gasteiger partial charge in [0.2, 0.25) is 0 Å². The minimum Gasteiger partial charge on any atom is -0.379 e. The smallest absolute Gasteiger partial charge is 0.0594 e. The molecule has 1 aromatic heterocycles. The quantitative estimate of drug-likeness (QED) is 0.886. The van der Waals surface area contributed by atoms with Crippen LogP contribution in [0.2, 0.25) is 0 Å². The van der Waals surface area contributed by atoms with Crippen LogP contribution >= 0.6 is 11.3 Å². The van der Waals surface area contributed by atoms with Gasteiger partial charge in [0.15, 0.2) is 0 Å². The first-order valence-electron chi connectivity index (χ1n) is 7.93. The molecule has 0 aliphatic carbocycles. The fraction of sp³-hybridized carbons (Fsp3) is 0.444. The van der Waals surface area contributed by atoms with Crippen molar-refractivity contribution in [3.8, 4) is 0 Å². The molecular weight excluding hydrogens is 292 g/mol. The zero-order chi connectivity index (χ0) is 15.2. The van der Waals surface area contributed by atoms with Gasteiger partial charge in [-0.3, -0.25) is 4.90 Å². The molecule has 0 atom stereocenters. The second-order valence-corrected chi connectivity index (χ2v) is 6.84. The lowest BCUT2D eigenvalue weighted by atomic mass is 10.1. The first-order chi connectivity index (χ1) is 10.8. The number of nitrogens with zero attached hydrogens (tertiary/aromatic N) is 1. The lowest BCUT2D eigenvalue weighted by Gasteiger charge is -2.26. The SMILES string of the molecule is Cc1ccsc1CNCc1ccc(CN2CCOCC2)cc1. The van der Waals surface area contributed by atoms with Crippen LogP contribution in [0.3, 0.4) is 0 Å². The molecule has 0 radical (unpaired) electrons. The van der Waals surface area contributed by atoms with E-state index in [2.05, 4.69) is 52.9 Å². The Bertz CT molecular complexity index is 573. The molecule has 118 valence electrons. The van der Waals surface area contributed by atoms with Crippen LogP contribution in [0.5, 0.6) is 0 Å². The average Bonchev–Trinajstić information content (AvgIpc) is 2.95. The van der Waals surface area contributed by atoms with Gasteiger partial charge < -0.3 is 10.1 Å². The molecule has 1 aromatic carbocycles. The molecule has 0 amide bonds. The second-order valence-electron chi connectivity index (χ2n) is 5.84. The van der Waals surface area contributed by atoms with E-state index < -0.39 is 0 Å². The van der Waals surface area contributed by atoms with Crippen molar-refractivity contribution in [2.45, 2.75) is 26.6 Å². The number of benzene rings is 1. The molecule has 0 unspecified atom stereocenters. The van der Waals surface area contributed by atoms with E-state index in [1.807, 2.05) is 11.3 Å². The Balaban J connectivity index is 1.45. The molecule has 2 heterocycles. The molecule has 0 saturated carbocycles. The maximum atomic E-state index is 5.39. The minimum atomic E-state index is 0.865. The highest BCUT2D eigenvalue weighted by molar-refractivity contribution is 7.10. The highest BCUT2D eigenvalue weighted by Gasteiger charge is 2.10. The second kappa shape index (κ2) is 7.88. The highest BCUT2D eigenvalue weighted by atomic mass is 32.1. The highest BCUT2D eigenvalue weighted by Crippen LogP contribution is 2.15. The Morgan fingerprint density at radius 3 is 2.45 bits per heavy atom. The van der Waals surface area contributed by atoms with Gasteiger partial charge in [0.1, 0.15) is 0 Å². The van der Waals surface area contributed by atoms with Crippen LogP contribution in [0.1, 0.15) is 21.6 Å². The summed E-state index contributed by atoms with van der Waals surface area (Å²) in [4.78, 5) is 3.89. The summed E-state index contributed by atoms with van der Waals surface area (Å²) in [5.74, 6) is 0. The first-order valence-corrected chi connectivity index (χ1v) is 8.81. The van der Waals surface area contributed by atoms with E-state index in [9.17, 15) is 0 Å². The predicted octanol–water partition coefficient (Wildman–Crippen LogP) is 3.18. The minimum absolute atomic E-state index is 0.865. The van der Waals surface area contributed by atoms with Crippen molar-refractivity contribution in [3.63, 3.8) is 0 Å². The molecule has 1 fully saturated rings. The molecule has 2 aromatic rings. The van der Waals surface area contributed by atoms with Crippen molar-refractivity contribution >= 4 is 11.3 Å². The first kappa shape index (κ1) is 15.7. The molecule has 1 saturated heterocycles. The van der Waals surface area contributed by atoms with Crippen LogP contribution in [-0.2, 0) is 24.4 Å². The monoisotopic (exact) mass is 316 g/mol. The standard InChI is InChI=1S/C18H24N2OS/c1-15-6-11-22-18(15)13-19-12-16-2-4-17(5-3-16)14-20-7-9-21-10-8-20/h2-6,11,19H,7-10,12-14H2,1H3. The number of aryl methyl sites for hydroxylation is 1. The zero-order valence-corrected chi connectivity index (χ0v) is 14.0.